The Morgan fingerprint density at radius 3 is 2.43 bits per heavy atom. The summed E-state index contributed by atoms with van der Waals surface area (Å²) in [6.07, 6.45) is 0. The van der Waals surface area contributed by atoms with E-state index in [4.69, 9.17) is 9.47 Å². The van der Waals surface area contributed by atoms with Gasteiger partial charge in [-0.25, -0.2) is 5.43 Å². The maximum atomic E-state index is 12.7. The Hall–Kier alpha value is -4.74. The molecule has 12 nitrogen and oxygen atoms in total. The van der Waals surface area contributed by atoms with Crippen LogP contribution >= 0.6 is 0 Å². The number of benzene rings is 2. The van der Waals surface area contributed by atoms with Gasteiger partial charge in [0, 0.05) is 18.3 Å². The minimum Gasteiger partial charge on any atom is -0.493 e. The summed E-state index contributed by atoms with van der Waals surface area (Å²) in [5.41, 5.74) is 3.78. The quantitative estimate of drug-likeness (QED) is 0.286. The van der Waals surface area contributed by atoms with E-state index < -0.39 is 10.8 Å². The van der Waals surface area contributed by atoms with Crippen molar-refractivity contribution >= 4 is 28.9 Å². The Morgan fingerprint density at radius 1 is 1.06 bits per heavy atom. The van der Waals surface area contributed by atoms with Crippen LogP contribution in [0, 0.1) is 17.0 Å². The molecule has 1 heterocycles. The summed E-state index contributed by atoms with van der Waals surface area (Å²) in [7, 11) is 4.43. The summed E-state index contributed by atoms with van der Waals surface area (Å²) in [4.78, 5) is 35.9. The van der Waals surface area contributed by atoms with Crippen molar-refractivity contribution in [2.24, 2.45) is 12.1 Å². The van der Waals surface area contributed by atoms with Gasteiger partial charge < -0.3 is 14.8 Å². The normalized spacial score (nSPS) is 11.1. The number of amides is 2. The van der Waals surface area contributed by atoms with E-state index in [1.54, 1.807) is 49.4 Å². The van der Waals surface area contributed by atoms with E-state index in [0.29, 0.717) is 34.0 Å². The van der Waals surface area contributed by atoms with Crippen molar-refractivity contribution in [3.63, 3.8) is 0 Å². The Kier molecular flexibility index (Phi) is 7.44. The Balaban J connectivity index is 1.76. The third-order valence-corrected chi connectivity index (χ3v) is 5.10. The molecule has 0 unspecified atom stereocenters. The molecule has 0 atom stereocenters. The van der Waals surface area contributed by atoms with Gasteiger partial charge in [-0.2, -0.15) is 10.2 Å². The first-order valence-electron chi connectivity index (χ1n) is 10.3. The number of aromatic nitrogens is 2. The van der Waals surface area contributed by atoms with Gasteiger partial charge in [0.05, 0.1) is 24.9 Å². The number of nitrogens with zero attached hydrogens (tertiary/aromatic N) is 4. The SMILES string of the molecule is COc1ccc(C(=O)Nc2cccc(/C(C)=N/NC(=O)c3c([N+](=O)[O-])c(C)nn3C)c2)cc1OC. The number of nitrogens with one attached hydrogen (secondary N) is 2. The number of carbonyl (C=O) groups is 2. The summed E-state index contributed by atoms with van der Waals surface area (Å²) in [6.45, 7) is 3.10. The highest BCUT2D eigenvalue weighted by Gasteiger charge is 2.29. The first kappa shape index (κ1) is 24.9. The predicted molar refractivity (Wildman–Crippen MR) is 128 cm³/mol. The largest absolute Gasteiger partial charge is 0.493 e. The van der Waals surface area contributed by atoms with Crippen LogP contribution in [0.2, 0.25) is 0 Å². The number of hydrazone groups is 1. The van der Waals surface area contributed by atoms with E-state index in [1.165, 1.54) is 28.2 Å². The van der Waals surface area contributed by atoms with Gasteiger partial charge in [-0.1, -0.05) is 12.1 Å². The lowest BCUT2D eigenvalue weighted by Gasteiger charge is -2.11. The fourth-order valence-corrected chi connectivity index (χ4v) is 3.37. The molecule has 1 aromatic heterocycles. The van der Waals surface area contributed by atoms with Crippen molar-refractivity contribution in [1.82, 2.24) is 15.2 Å². The van der Waals surface area contributed by atoms with Gasteiger partial charge in [0.2, 0.25) is 5.69 Å². The lowest BCUT2D eigenvalue weighted by molar-refractivity contribution is -0.385. The molecule has 0 aliphatic carbocycles. The molecule has 182 valence electrons. The summed E-state index contributed by atoms with van der Waals surface area (Å²) in [5.74, 6) is -0.190. The van der Waals surface area contributed by atoms with Crippen LogP contribution in [0.5, 0.6) is 11.5 Å². The molecule has 0 bridgehead atoms. The molecule has 12 heteroatoms. The Labute approximate surface area is 200 Å². The zero-order valence-electron chi connectivity index (χ0n) is 19.8. The average molecular weight is 480 g/mol. The number of carbonyl (C=O) groups excluding carboxylic acids is 2. The van der Waals surface area contributed by atoms with Crippen LogP contribution in [0.1, 0.15) is 39.0 Å². The van der Waals surface area contributed by atoms with Gasteiger partial charge in [-0.05, 0) is 49.7 Å². The fourth-order valence-electron chi connectivity index (χ4n) is 3.37. The average Bonchev–Trinajstić information content (AvgIpc) is 3.15. The number of methoxy groups -OCH3 is 2. The highest BCUT2D eigenvalue weighted by molar-refractivity contribution is 6.06. The number of rotatable bonds is 8. The predicted octanol–water partition coefficient (Wildman–Crippen LogP) is 3.06. The smallest absolute Gasteiger partial charge is 0.322 e. The second kappa shape index (κ2) is 10.5. The molecule has 0 saturated heterocycles. The molecule has 2 amide bonds. The van der Waals surface area contributed by atoms with E-state index in [-0.39, 0.29) is 23.0 Å². The molecule has 3 rings (SSSR count). The van der Waals surface area contributed by atoms with Crippen LogP contribution in [0.4, 0.5) is 11.4 Å². The summed E-state index contributed by atoms with van der Waals surface area (Å²) >= 11 is 0. The first-order valence-corrected chi connectivity index (χ1v) is 10.3. The van der Waals surface area contributed by atoms with Gasteiger partial charge in [-0.3, -0.25) is 24.4 Å². The second-order valence-electron chi connectivity index (χ2n) is 7.41. The van der Waals surface area contributed by atoms with Crippen LogP contribution in [-0.2, 0) is 7.05 Å². The zero-order chi connectivity index (χ0) is 25.7. The van der Waals surface area contributed by atoms with E-state index in [9.17, 15) is 19.7 Å². The maximum absolute atomic E-state index is 12.7. The summed E-state index contributed by atoms with van der Waals surface area (Å²) < 4.78 is 11.6. The van der Waals surface area contributed by atoms with Crippen LogP contribution in [0.15, 0.2) is 47.6 Å². The molecule has 0 saturated carbocycles. The number of anilines is 1. The highest BCUT2D eigenvalue weighted by Crippen LogP contribution is 2.28. The van der Waals surface area contributed by atoms with Crippen LogP contribution < -0.4 is 20.2 Å². The zero-order valence-corrected chi connectivity index (χ0v) is 19.8. The van der Waals surface area contributed by atoms with Gasteiger partial charge in [-0.15, -0.1) is 0 Å². The number of hydrogen-bond acceptors (Lipinski definition) is 8. The molecular weight excluding hydrogens is 456 g/mol. The number of hydrogen-bond donors (Lipinski definition) is 2. The molecular formula is C23H24N6O6. The van der Waals surface area contributed by atoms with Crippen molar-refractivity contribution in [2.75, 3.05) is 19.5 Å². The molecule has 0 aliphatic rings. The van der Waals surface area contributed by atoms with E-state index in [2.05, 4.69) is 20.9 Å². The van der Waals surface area contributed by atoms with E-state index in [0.717, 1.165) is 4.68 Å². The molecule has 3 aromatic rings. The molecule has 2 aromatic carbocycles. The summed E-state index contributed by atoms with van der Waals surface area (Å²) in [5, 5.41) is 22.1. The first-order chi connectivity index (χ1) is 16.7. The second-order valence-corrected chi connectivity index (χ2v) is 7.41. The van der Waals surface area contributed by atoms with Crippen LogP contribution in [0.25, 0.3) is 0 Å². The number of ether oxygens (including phenoxy) is 2. The highest BCUT2D eigenvalue weighted by atomic mass is 16.6. The van der Waals surface area contributed by atoms with E-state index in [1.807, 2.05) is 0 Å². The minimum atomic E-state index is -0.767. The third-order valence-electron chi connectivity index (χ3n) is 5.10. The van der Waals surface area contributed by atoms with Crippen molar-refractivity contribution in [2.45, 2.75) is 13.8 Å². The number of aryl methyl sites for hydroxylation is 2. The van der Waals surface area contributed by atoms with Gasteiger partial charge in [0.25, 0.3) is 11.8 Å². The lowest BCUT2D eigenvalue weighted by Crippen LogP contribution is -2.23. The molecule has 0 aliphatic heterocycles. The van der Waals surface area contributed by atoms with Crippen molar-refractivity contribution < 1.29 is 24.0 Å². The van der Waals surface area contributed by atoms with Crippen molar-refractivity contribution in [3.05, 3.63) is 75.1 Å². The molecule has 0 spiro atoms. The monoisotopic (exact) mass is 480 g/mol. The minimum absolute atomic E-state index is 0.126. The topological polar surface area (TPSA) is 150 Å². The Bertz CT molecular complexity index is 1330. The Morgan fingerprint density at radius 2 is 1.77 bits per heavy atom. The maximum Gasteiger partial charge on any atom is 0.322 e. The fraction of sp³-hybridized carbons (Fsp3) is 0.217. The van der Waals surface area contributed by atoms with E-state index >= 15 is 0 Å². The van der Waals surface area contributed by atoms with Gasteiger partial charge in [0.1, 0.15) is 5.69 Å². The molecule has 0 radical (unpaired) electrons. The van der Waals surface area contributed by atoms with Crippen LogP contribution in [0.3, 0.4) is 0 Å². The van der Waals surface area contributed by atoms with Crippen molar-refractivity contribution in [1.29, 1.82) is 0 Å². The summed E-state index contributed by atoms with van der Waals surface area (Å²) in [6, 6.07) is 11.7. The van der Waals surface area contributed by atoms with Gasteiger partial charge >= 0.3 is 5.69 Å². The number of nitro groups is 1. The standard InChI is InChI=1S/C23H24N6O6/c1-13(25-26-23(31)21-20(29(32)33)14(2)27-28(21)3)15-7-6-8-17(11-15)24-22(30)16-9-10-18(34-4)19(12-16)35-5/h6-12H,1-5H3,(H,24,30)(H,26,31)/b25-13+. The lowest BCUT2D eigenvalue weighted by atomic mass is 10.1. The van der Waals surface area contributed by atoms with Crippen LogP contribution in [-0.4, -0.2) is 46.4 Å². The molecule has 0 fully saturated rings. The molecule has 35 heavy (non-hydrogen) atoms. The van der Waals surface area contributed by atoms with Gasteiger partial charge in [0.15, 0.2) is 11.5 Å². The third kappa shape index (κ3) is 5.43. The van der Waals surface area contributed by atoms with Crippen molar-refractivity contribution in [3.8, 4) is 11.5 Å². The molecule has 2 N–H and O–H groups in total.